The van der Waals surface area contributed by atoms with E-state index in [1.165, 1.54) is 0 Å². The zero-order chi connectivity index (χ0) is 19.6. The second-order valence-electron chi connectivity index (χ2n) is 7.97. The molecule has 0 radical (unpaired) electrons. The van der Waals surface area contributed by atoms with E-state index >= 15 is 0 Å². The van der Waals surface area contributed by atoms with Crippen LogP contribution in [0.4, 0.5) is 4.79 Å². The molecule has 0 aromatic carbocycles. The van der Waals surface area contributed by atoms with Gasteiger partial charge in [0.1, 0.15) is 17.2 Å². The molecule has 25 heavy (non-hydrogen) atoms. The summed E-state index contributed by atoms with van der Waals surface area (Å²) in [6.07, 6.45) is -1.04. The molecule has 9 heteroatoms. The van der Waals surface area contributed by atoms with Crippen molar-refractivity contribution in [2.24, 2.45) is 11.8 Å². The summed E-state index contributed by atoms with van der Waals surface area (Å²) in [6, 6.07) is -1.14. The number of nitrogens with two attached hydrogens (primary N) is 1. The van der Waals surface area contributed by atoms with Gasteiger partial charge in [-0.05, 0) is 48.0 Å². The lowest BCUT2D eigenvalue weighted by molar-refractivity contribution is -0.158. The zero-order valence-corrected chi connectivity index (χ0v) is 15.5. The van der Waals surface area contributed by atoms with Crippen LogP contribution in [0.15, 0.2) is 0 Å². The normalized spacial score (nSPS) is 19.6. The van der Waals surface area contributed by atoms with Gasteiger partial charge in [0.15, 0.2) is 0 Å². The van der Waals surface area contributed by atoms with Crippen LogP contribution in [0, 0.1) is 5.92 Å². The minimum Gasteiger partial charge on any atom is -0.458 e. The van der Waals surface area contributed by atoms with Crippen LogP contribution >= 0.6 is 0 Å². The van der Waals surface area contributed by atoms with Gasteiger partial charge in [-0.2, -0.15) is 0 Å². The minimum atomic E-state index is -1.14. The van der Waals surface area contributed by atoms with E-state index in [9.17, 15) is 19.2 Å². The van der Waals surface area contributed by atoms with Crippen LogP contribution in [0.1, 0.15) is 54.4 Å². The number of imide groups is 1. The molecule has 1 aliphatic heterocycles. The Labute approximate surface area is 147 Å². The summed E-state index contributed by atoms with van der Waals surface area (Å²) >= 11 is 0. The van der Waals surface area contributed by atoms with Gasteiger partial charge in [-0.25, -0.2) is 20.4 Å². The smallest absolute Gasteiger partial charge is 0.408 e. The third-order valence-corrected chi connectivity index (χ3v) is 3.18. The lowest BCUT2D eigenvalue weighted by atomic mass is 9.98. The first kappa shape index (κ1) is 20.9. The molecule has 1 heterocycles. The Morgan fingerprint density at radius 3 is 2.08 bits per heavy atom. The second kappa shape index (κ2) is 7.38. The fraction of sp³-hybridized carbons (Fsp3) is 0.750. The van der Waals surface area contributed by atoms with Crippen molar-refractivity contribution in [3.63, 3.8) is 0 Å². The molecule has 0 aliphatic carbocycles. The maximum Gasteiger partial charge on any atom is 0.408 e. The van der Waals surface area contributed by atoms with E-state index in [0.29, 0.717) is 5.01 Å². The van der Waals surface area contributed by atoms with E-state index in [1.807, 2.05) is 0 Å². The van der Waals surface area contributed by atoms with Crippen molar-refractivity contribution in [3.8, 4) is 0 Å². The molecule has 1 aliphatic rings. The number of esters is 1. The third kappa shape index (κ3) is 6.69. The first-order valence-corrected chi connectivity index (χ1v) is 8.03. The van der Waals surface area contributed by atoms with Crippen LogP contribution < -0.4 is 11.2 Å². The van der Waals surface area contributed by atoms with Gasteiger partial charge in [-0.3, -0.25) is 9.59 Å². The molecule has 1 fully saturated rings. The summed E-state index contributed by atoms with van der Waals surface area (Å²) in [5, 5.41) is 2.95. The van der Waals surface area contributed by atoms with Crippen molar-refractivity contribution < 1.29 is 28.7 Å². The molecule has 1 rings (SSSR count). The number of carbonyl (C=O) groups is 4. The molecule has 0 spiro atoms. The summed E-state index contributed by atoms with van der Waals surface area (Å²) < 4.78 is 10.4. The molecule has 9 nitrogen and oxygen atoms in total. The first-order valence-electron chi connectivity index (χ1n) is 8.03. The maximum atomic E-state index is 12.4. The molecule has 0 aromatic heterocycles. The summed E-state index contributed by atoms with van der Waals surface area (Å²) in [7, 11) is 0. The largest absolute Gasteiger partial charge is 0.458 e. The van der Waals surface area contributed by atoms with Crippen molar-refractivity contribution in [1.82, 2.24) is 10.3 Å². The SMILES string of the molecule is CC(C)(C)OC(=O)N[C@@H](C[C@@H]1CC(=O)N(N)C1=O)C(=O)OC(C)(C)C. The van der Waals surface area contributed by atoms with Crippen LogP contribution in [0.5, 0.6) is 0 Å². The maximum absolute atomic E-state index is 12.4. The third-order valence-electron chi connectivity index (χ3n) is 3.18. The molecule has 0 aromatic rings. The number of hydrogen-bond acceptors (Lipinski definition) is 7. The molecule has 0 saturated carbocycles. The highest BCUT2D eigenvalue weighted by molar-refractivity contribution is 6.03. The Morgan fingerprint density at radius 1 is 1.16 bits per heavy atom. The number of hydrogen-bond donors (Lipinski definition) is 2. The highest BCUT2D eigenvalue weighted by atomic mass is 16.6. The Kier molecular flexibility index (Phi) is 6.17. The first-order chi connectivity index (χ1) is 11.2. The van der Waals surface area contributed by atoms with Crippen LogP contribution in [0.2, 0.25) is 0 Å². The average Bonchev–Trinajstić information content (AvgIpc) is 2.61. The van der Waals surface area contributed by atoms with E-state index in [0.717, 1.165) is 0 Å². The summed E-state index contributed by atoms with van der Waals surface area (Å²) in [5.41, 5.74) is -1.53. The Hall–Kier alpha value is -2.16. The van der Waals surface area contributed by atoms with Crippen molar-refractivity contribution >= 4 is 23.9 Å². The highest BCUT2D eigenvalue weighted by Crippen LogP contribution is 2.23. The van der Waals surface area contributed by atoms with Crippen molar-refractivity contribution in [2.75, 3.05) is 0 Å². The number of nitrogens with zero attached hydrogens (tertiary/aromatic N) is 1. The predicted octanol–water partition coefficient (Wildman–Crippen LogP) is 0.860. The molecule has 3 amide bonds. The second-order valence-corrected chi connectivity index (χ2v) is 7.97. The Bertz CT molecular complexity index is 561. The van der Waals surface area contributed by atoms with E-state index in [-0.39, 0.29) is 12.8 Å². The molecule has 3 N–H and O–H groups in total. The van der Waals surface area contributed by atoms with Gasteiger partial charge in [0.2, 0.25) is 11.8 Å². The molecule has 142 valence electrons. The molecular weight excluding hydrogens is 330 g/mol. The van der Waals surface area contributed by atoms with Crippen LogP contribution in [0.25, 0.3) is 0 Å². The Morgan fingerprint density at radius 2 is 1.68 bits per heavy atom. The van der Waals surface area contributed by atoms with E-state index in [4.69, 9.17) is 15.3 Å². The van der Waals surface area contributed by atoms with Gasteiger partial charge in [-0.15, -0.1) is 0 Å². The number of hydrazine groups is 1. The van der Waals surface area contributed by atoms with Crippen molar-refractivity contribution in [3.05, 3.63) is 0 Å². The van der Waals surface area contributed by atoms with Gasteiger partial charge < -0.3 is 14.8 Å². The molecule has 2 atom stereocenters. The van der Waals surface area contributed by atoms with E-state index in [1.54, 1.807) is 41.5 Å². The van der Waals surface area contributed by atoms with Crippen molar-refractivity contribution in [1.29, 1.82) is 0 Å². The number of alkyl carbamates (subject to hydrolysis) is 1. The number of ether oxygens (including phenoxy) is 2. The quantitative estimate of drug-likeness (QED) is 0.330. The summed E-state index contributed by atoms with van der Waals surface area (Å²) in [4.78, 5) is 47.9. The molecule has 0 unspecified atom stereocenters. The number of nitrogens with one attached hydrogen (secondary N) is 1. The van der Waals surface area contributed by atoms with Crippen LogP contribution in [-0.2, 0) is 23.9 Å². The highest BCUT2D eigenvalue weighted by Gasteiger charge is 2.41. The molecular formula is C16H27N3O6. The van der Waals surface area contributed by atoms with Crippen LogP contribution in [-0.4, -0.2) is 46.1 Å². The standard InChI is InChI=1S/C16H27N3O6/c1-15(2,3)24-13(22)10(18-14(23)25-16(4,5)6)7-9-8-11(20)19(17)12(9)21/h9-10H,7-8,17H2,1-6H3,(H,18,23)/t9-,10+/m1/s1. The number of rotatable bonds is 4. The van der Waals surface area contributed by atoms with E-state index in [2.05, 4.69) is 5.32 Å². The van der Waals surface area contributed by atoms with Gasteiger partial charge >= 0.3 is 12.1 Å². The molecule has 1 saturated heterocycles. The topological polar surface area (TPSA) is 128 Å². The number of carbonyl (C=O) groups excluding carboxylic acids is 4. The number of amides is 3. The summed E-state index contributed by atoms with van der Waals surface area (Å²) in [5.74, 6) is 2.72. The minimum absolute atomic E-state index is 0.105. The monoisotopic (exact) mass is 357 g/mol. The fourth-order valence-corrected chi connectivity index (χ4v) is 2.22. The van der Waals surface area contributed by atoms with Gasteiger partial charge in [0, 0.05) is 6.42 Å². The van der Waals surface area contributed by atoms with Gasteiger partial charge in [-0.1, -0.05) is 0 Å². The fourth-order valence-electron chi connectivity index (χ4n) is 2.22. The lowest BCUT2D eigenvalue weighted by Gasteiger charge is -2.27. The van der Waals surface area contributed by atoms with Gasteiger partial charge in [0.05, 0.1) is 5.92 Å². The van der Waals surface area contributed by atoms with Gasteiger partial charge in [0.25, 0.3) is 0 Å². The van der Waals surface area contributed by atoms with E-state index < -0.39 is 47.0 Å². The zero-order valence-electron chi connectivity index (χ0n) is 15.5. The van der Waals surface area contributed by atoms with Crippen molar-refractivity contribution in [2.45, 2.75) is 71.6 Å². The Balaban J connectivity index is 2.88. The van der Waals surface area contributed by atoms with Crippen LogP contribution in [0.3, 0.4) is 0 Å². The average molecular weight is 357 g/mol. The molecule has 0 bridgehead atoms. The predicted molar refractivity (Wildman–Crippen MR) is 87.8 cm³/mol. The summed E-state index contributed by atoms with van der Waals surface area (Å²) in [6.45, 7) is 10.1. The lowest BCUT2D eigenvalue weighted by Crippen LogP contribution is -2.47.